The Bertz CT molecular complexity index is 1130. The summed E-state index contributed by atoms with van der Waals surface area (Å²) >= 11 is 0. The van der Waals surface area contributed by atoms with Crippen molar-refractivity contribution in [3.63, 3.8) is 0 Å². The molecular formula is C25H28N4O2. The number of aromatic nitrogens is 1. The van der Waals surface area contributed by atoms with Gasteiger partial charge in [-0.1, -0.05) is 31.2 Å². The Morgan fingerprint density at radius 1 is 1.29 bits per heavy atom. The molecule has 6 heteroatoms. The summed E-state index contributed by atoms with van der Waals surface area (Å²) in [7, 11) is 2.14. The number of benzene rings is 2. The molecule has 1 atom stereocenters. The molecule has 1 aliphatic heterocycles. The molecule has 0 spiro atoms. The maximum atomic E-state index is 12.2. The van der Waals surface area contributed by atoms with Crippen molar-refractivity contribution in [2.45, 2.75) is 38.6 Å². The molecule has 4 rings (SSSR count). The molecule has 1 unspecified atom stereocenters. The van der Waals surface area contributed by atoms with Crippen molar-refractivity contribution in [1.82, 2.24) is 10.4 Å². The average molecular weight is 417 g/mol. The van der Waals surface area contributed by atoms with Crippen LogP contribution in [0.2, 0.25) is 0 Å². The lowest BCUT2D eigenvalue weighted by molar-refractivity contribution is -0.123. The summed E-state index contributed by atoms with van der Waals surface area (Å²) in [5, 5.41) is 5.07. The highest BCUT2D eigenvalue weighted by molar-refractivity contribution is 5.86. The minimum absolute atomic E-state index is 0.131. The molecule has 0 fully saturated rings. The van der Waals surface area contributed by atoms with E-state index in [9.17, 15) is 4.79 Å². The third kappa shape index (κ3) is 4.38. The lowest BCUT2D eigenvalue weighted by Gasteiger charge is -2.45. The van der Waals surface area contributed by atoms with Crippen LogP contribution in [0.15, 0.2) is 59.8 Å². The largest absolute Gasteiger partial charge is 0.481 e. The van der Waals surface area contributed by atoms with Crippen LogP contribution < -0.4 is 15.1 Å². The molecule has 0 bridgehead atoms. The summed E-state index contributed by atoms with van der Waals surface area (Å²) in [6.45, 7) is 6.67. The first kappa shape index (κ1) is 20.8. The van der Waals surface area contributed by atoms with E-state index < -0.39 is 0 Å². The van der Waals surface area contributed by atoms with E-state index in [-0.39, 0.29) is 18.1 Å². The van der Waals surface area contributed by atoms with Gasteiger partial charge in [0.2, 0.25) is 0 Å². The summed E-state index contributed by atoms with van der Waals surface area (Å²) in [4.78, 5) is 18.8. The number of amides is 1. The number of nitrogens with zero attached hydrogens (tertiary/aromatic N) is 3. The standard InChI is InChI=1S/C25H28N4O2/c1-17-14-25(2,3)29(4)21-11-10-18(13-20(17)21)15-27-28-23(30)16-31-22-9-5-7-19-8-6-12-26-24(19)22/h5-13,15,17H,14,16H2,1-4H3,(H,28,30)/b27-15-. The number of hydrogen-bond acceptors (Lipinski definition) is 5. The number of nitrogens with one attached hydrogen (secondary N) is 1. The van der Waals surface area contributed by atoms with Gasteiger partial charge in [-0.3, -0.25) is 9.78 Å². The van der Waals surface area contributed by atoms with Crippen LogP contribution in [-0.4, -0.2) is 36.3 Å². The zero-order valence-corrected chi connectivity index (χ0v) is 18.4. The fourth-order valence-electron chi connectivity index (χ4n) is 4.22. The normalized spacial score (nSPS) is 17.5. The van der Waals surface area contributed by atoms with Crippen LogP contribution in [0.5, 0.6) is 5.75 Å². The Hall–Kier alpha value is -3.41. The fraction of sp³-hybridized carbons (Fsp3) is 0.320. The van der Waals surface area contributed by atoms with E-state index in [2.05, 4.69) is 60.4 Å². The second kappa shape index (κ2) is 8.38. The number of hydrazone groups is 1. The lowest BCUT2D eigenvalue weighted by Crippen LogP contribution is -2.45. The second-order valence-corrected chi connectivity index (χ2v) is 8.71. The lowest BCUT2D eigenvalue weighted by atomic mass is 9.80. The summed E-state index contributed by atoms with van der Waals surface area (Å²) in [6, 6.07) is 15.8. The number of carbonyl (C=O) groups is 1. The van der Waals surface area contributed by atoms with Crippen LogP contribution in [0.1, 0.15) is 44.2 Å². The predicted octanol–water partition coefficient (Wildman–Crippen LogP) is 4.49. The molecule has 31 heavy (non-hydrogen) atoms. The quantitative estimate of drug-likeness (QED) is 0.492. The molecule has 0 radical (unpaired) electrons. The van der Waals surface area contributed by atoms with Gasteiger partial charge in [0.15, 0.2) is 6.61 Å². The van der Waals surface area contributed by atoms with Crippen molar-refractivity contribution in [2.24, 2.45) is 5.10 Å². The average Bonchev–Trinajstić information content (AvgIpc) is 2.76. The minimum atomic E-state index is -0.322. The first-order chi connectivity index (χ1) is 14.8. The van der Waals surface area contributed by atoms with E-state index in [1.54, 1.807) is 18.5 Å². The summed E-state index contributed by atoms with van der Waals surface area (Å²) in [5.74, 6) is 0.719. The van der Waals surface area contributed by atoms with Gasteiger partial charge in [-0.25, -0.2) is 5.43 Å². The van der Waals surface area contributed by atoms with Gasteiger partial charge in [0, 0.05) is 29.9 Å². The number of anilines is 1. The molecule has 0 aliphatic carbocycles. The maximum Gasteiger partial charge on any atom is 0.277 e. The first-order valence-corrected chi connectivity index (χ1v) is 10.5. The third-order valence-corrected chi connectivity index (χ3v) is 6.01. The highest BCUT2D eigenvalue weighted by Gasteiger charge is 2.33. The molecule has 2 heterocycles. The second-order valence-electron chi connectivity index (χ2n) is 8.71. The monoisotopic (exact) mass is 416 g/mol. The van der Waals surface area contributed by atoms with E-state index in [1.165, 1.54) is 11.3 Å². The summed E-state index contributed by atoms with van der Waals surface area (Å²) in [5.41, 5.74) is 6.92. The smallest absolute Gasteiger partial charge is 0.277 e. The highest BCUT2D eigenvalue weighted by atomic mass is 16.5. The molecule has 2 aromatic carbocycles. The van der Waals surface area contributed by atoms with Gasteiger partial charge < -0.3 is 9.64 Å². The molecule has 1 N–H and O–H groups in total. The van der Waals surface area contributed by atoms with Crippen molar-refractivity contribution in [2.75, 3.05) is 18.6 Å². The zero-order valence-electron chi connectivity index (χ0n) is 18.4. The number of rotatable bonds is 5. The van der Waals surface area contributed by atoms with Crippen molar-refractivity contribution < 1.29 is 9.53 Å². The number of hydrogen-bond donors (Lipinski definition) is 1. The Morgan fingerprint density at radius 3 is 2.94 bits per heavy atom. The van der Waals surface area contributed by atoms with E-state index in [4.69, 9.17) is 4.74 Å². The number of pyridine rings is 1. The van der Waals surface area contributed by atoms with Crippen LogP contribution in [0.25, 0.3) is 10.9 Å². The van der Waals surface area contributed by atoms with E-state index in [1.807, 2.05) is 30.3 Å². The molecule has 3 aromatic rings. The molecule has 1 amide bonds. The maximum absolute atomic E-state index is 12.2. The Labute approximate surface area is 182 Å². The number of fused-ring (bicyclic) bond motifs is 2. The molecular weight excluding hydrogens is 388 g/mol. The van der Waals surface area contributed by atoms with Gasteiger partial charge in [0.05, 0.1) is 6.21 Å². The van der Waals surface area contributed by atoms with Crippen LogP contribution in [0.3, 0.4) is 0 Å². The minimum Gasteiger partial charge on any atom is -0.481 e. The molecule has 160 valence electrons. The molecule has 0 saturated heterocycles. The predicted molar refractivity (Wildman–Crippen MR) is 125 cm³/mol. The van der Waals surface area contributed by atoms with Crippen molar-refractivity contribution in [1.29, 1.82) is 0 Å². The van der Waals surface area contributed by atoms with Gasteiger partial charge >= 0.3 is 0 Å². The molecule has 6 nitrogen and oxygen atoms in total. The van der Waals surface area contributed by atoms with Gasteiger partial charge in [0.1, 0.15) is 11.3 Å². The van der Waals surface area contributed by atoms with Crippen molar-refractivity contribution >= 4 is 28.7 Å². The summed E-state index contributed by atoms with van der Waals surface area (Å²) < 4.78 is 5.65. The fourth-order valence-corrected chi connectivity index (χ4v) is 4.22. The van der Waals surface area contributed by atoms with Crippen LogP contribution >= 0.6 is 0 Å². The Morgan fingerprint density at radius 2 is 2.10 bits per heavy atom. The third-order valence-electron chi connectivity index (χ3n) is 6.01. The number of ether oxygens (including phenoxy) is 1. The van der Waals surface area contributed by atoms with Crippen LogP contribution in [0, 0.1) is 0 Å². The summed E-state index contributed by atoms with van der Waals surface area (Å²) in [6.07, 6.45) is 4.47. The van der Waals surface area contributed by atoms with E-state index in [0.717, 1.165) is 22.9 Å². The zero-order chi connectivity index (χ0) is 22.0. The number of carbonyl (C=O) groups excluding carboxylic acids is 1. The SMILES string of the molecule is CC1CC(C)(C)N(C)c2ccc(/C=N\NC(=O)COc3cccc4cccnc34)cc21. The van der Waals surface area contributed by atoms with Crippen molar-refractivity contribution in [3.05, 3.63) is 65.9 Å². The Balaban J connectivity index is 1.38. The van der Waals surface area contributed by atoms with Crippen molar-refractivity contribution in [3.8, 4) is 5.75 Å². The Kier molecular flexibility index (Phi) is 5.63. The van der Waals surface area contributed by atoms with E-state index >= 15 is 0 Å². The van der Waals surface area contributed by atoms with Gasteiger partial charge in [-0.15, -0.1) is 0 Å². The molecule has 1 aromatic heterocycles. The van der Waals surface area contributed by atoms with Gasteiger partial charge in [0.25, 0.3) is 5.91 Å². The highest BCUT2D eigenvalue weighted by Crippen LogP contribution is 2.42. The number of para-hydroxylation sites is 1. The first-order valence-electron chi connectivity index (χ1n) is 10.5. The molecule has 0 saturated carbocycles. The van der Waals surface area contributed by atoms with Gasteiger partial charge in [-0.05, 0) is 61.6 Å². The van der Waals surface area contributed by atoms with Crippen LogP contribution in [-0.2, 0) is 4.79 Å². The van der Waals surface area contributed by atoms with Gasteiger partial charge in [-0.2, -0.15) is 5.10 Å². The topological polar surface area (TPSA) is 66.8 Å². The van der Waals surface area contributed by atoms with Crippen LogP contribution in [0.4, 0.5) is 5.69 Å². The molecule has 1 aliphatic rings. The van der Waals surface area contributed by atoms with E-state index in [0.29, 0.717) is 11.7 Å².